The van der Waals surface area contributed by atoms with E-state index in [0.717, 1.165) is 6.54 Å². The average Bonchev–Trinajstić information content (AvgIpc) is 2.56. The van der Waals surface area contributed by atoms with E-state index in [2.05, 4.69) is 5.32 Å². The first kappa shape index (κ1) is 18.7. The number of phenols is 1. The monoisotopic (exact) mass is 317 g/mol. The van der Waals surface area contributed by atoms with Crippen LogP contribution in [0.2, 0.25) is 0 Å². The minimum absolute atomic E-state index is 0.00750. The number of carbonyl (C=O) groups is 1. The van der Waals surface area contributed by atoms with Gasteiger partial charge >= 0.3 is 0 Å². The molecule has 0 fully saturated rings. The van der Waals surface area contributed by atoms with Crippen molar-refractivity contribution in [3.05, 3.63) is 35.4 Å². The van der Waals surface area contributed by atoms with Crippen molar-refractivity contribution in [3.63, 3.8) is 0 Å². The zero-order chi connectivity index (χ0) is 17.2. The second-order valence-electron chi connectivity index (χ2n) is 5.17. The minimum Gasteiger partial charge on any atom is -0.508 e. The van der Waals surface area contributed by atoms with E-state index in [1.54, 1.807) is 12.1 Å². The van der Waals surface area contributed by atoms with Crippen LogP contribution in [0.25, 0.3) is 6.08 Å². The van der Waals surface area contributed by atoms with Crippen LogP contribution in [0.5, 0.6) is 5.75 Å². The van der Waals surface area contributed by atoms with Gasteiger partial charge in [-0.3, -0.25) is 9.69 Å². The van der Waals surface area contributed by atoms with E-state index in [1.165, 1.54) is 18.2 Å². The first-order valence-electron chi connectivity index (χ1n) is 7.55. The molecule has 0 aliphatic heterocycles. The fraction of sp³-hybridized carbons (Fsp3) is 0.412. The first-order chi connectivity index (χ1) is 11.0. The number of nitriles is 1. The molecule has 6 heteroatoms. The van der Waals surface area contributed by atoms with E-state index in [4.69, 9.17) is 10.4 Å². The standard InChI is InChI=1S/C17H23N3O3/c1-3-20(8-9-21)13(2)12-19-17(23)15(11-18)10-14-4-6-16(22)7-5-14/h4-7,10,13,21-22H,3,8-9,12H2,1-2H3,(H,19,23)/b15-10+. The molecular weight excluding hydrogens is 294 g/mol. The number of carbonyl (C=O) groups excluding carboxylic acids is 1. The molecule has 1 amide bonds. The maximum atomic E-state index is 12.1. The van der Waals surface area contributed by atoms with Crippen LogP contribution in [0.4, 0.5) is 0 Å². The first-order valence-corrected chi connectivity index (χ1v) is 7.55. The fourth-order valence-electron chi connectivity index (χ4n) is 2.17. The van der Waals surface area contributed by atoms with Crippen LogP contribution in [0.1, 0.15) is 19.4 Å². The fourth-order valence-corrected chi connectivity index (χ4v) is 2.17. The van der Waals surface area contributed by atoms with E-state index < -0.39 is 5.91 Å². The number of aliphatic hydroxyl groups excluding tert-OH is 1. The Bertz CT molecular complexity index is 576. The van der Waals surface area contributed by atoms with Crippen LogP contribution in [-0.2, 0) is 4.79 Å². The maximum Gasteiger partial charge on any atom is 0.262 e. The third-order valence-corrected chi connectivity index (χ3v) is 3.54. The average molecular weight is 317 g/mol. The van der Waals surface area contributed by atoms with Crippen LogP contribution in [0.3, 0.4) is 0 Å². The van der Waals surface area contributed by atoms with Crippen molar-refractivity contribution in [2.45, 2.75) is 19.9 Å². The van der Waals surface area contributed by atoms with Gasteiger partial charge in [0.05, 0.1) is 6.61 Å². The largest absolute Gasteiger partial charge is 0.508 e. The van der Waals surface area contributed by atoms with Gasteiger partial charge in [0, 0.05) is 19.1 Å². The highest BCUT2D eigenvalue weighted by atomic mass is 16.3. The van der Waals surface area contributed by atoms with Gasteiger partial charge in [0.25, 0.3) is 5.91 Å². The van der Waals surface area contributed by atoms with Gasteiger partial charge in [-0.2, -0.15) is 5.26 Å². The summed E-state index contributed by atoms with van der Waals surface area (Å²) in [7, 11) is 0. The van der Waals surface area contributed by atoms with Crippen LogP contribution in [-0.4, -0.2) is 53.3 Å². The van der Waals surface area contributed by atoms with Gasteiger partial charge in [0.1, 0.15) is 17.4 Å². The van der Waals surface area contributed by atoms with Crippen LogP contribution in [0.15, 0.2) is 29.8 Å². The predicted octanol–water partition coefficient (Wildman–Crippen LogP) is 1.12. The van der Waals surface area contributed by atoms with E-state index in [1.807, 2.05) is 24.8 Å². The van der Waals surface area contributed by atoms with Gasteiger partial charge in [-0.1, -0.05) is 19.1 Å². The summed E-state index contributed by atoms with van der Waals surface area (Å²) in [6, 6.07) is 8.19. The molecule has 1 unspecified atom stereocenters. The molecule has 6 nitrogen and oxygen atoms in total. The van der Waals surface area contributed by atoms with Crippen LogP contribution < -0.4 is 5.32 Å². The highest BCUT2D eigenvalue weighted by Gasteiger charge is 2.14. The van der Waals surface area contributed by atoms with Crippen molar-refractivity contribution in [1.29, 1.82) is 5.26 Å². The molecule has 0 saturated heterocycles. The number of nitrogens with zero attached hydrogens (tertiary/aromatic N) is 2. The molecule has 0 spiro atoms. The summed E-state index contributed by atoms with van der Waals surface area (Å²) in [5.74, 6) is -0.310. The third kappa shape index (κ3) is 6.10. The number of hydrogen-bond acceptors (Lipinski definition) is 5. The van der Waals surface area contributed by atoms with Gasteiger partial charge in [-0.05, 0) is 37.2 Å². The number of rotatable bonds is 8. The molecule has 1 rings (SSSR count). The second kappa shape index (κ2) is 9.62. The summed E-state index contributed by atoms with van der Waals surface area (Å²) in [5, 5.41) is 30.1. The van der Waals surface area contributed by atoms with Gasteiger partial charge < -0.3 is 15.5 Å². The van der Waals surface area contributed by atoms with E-state index in [-0.39, 0.29) is 24.0 Å². The van der Waals surface area contributed by atoms with Gasteiger partial charge in [0.2, 0.25) is 0 Å². The lowest BCUT2D eigenvalue weighted by molar-refractivity contribution is -0.117. The van der Waals surface area contributed by atoms with Crippen molar-refractivity contribution < 1.29 is 15.0 Å². The Labute approximate surface area is 136 Å². The van der Waals surface area contributed by atoms with Crippen molar-refractivity contribution in [3.8, 4) is 11.8 Å². The maximum absolute atomic E-state index is 12.1. The molecule has 1 aromatic rings. The summed E-state index contributed by atoms with van der Waals surface area (Å²) in [6.45, 7) is 5.71. The zero-order valence-electron chi connectivity index (χ0n) is 13.5. The van der Waals surface area contributed by atoms with Gasteiger partial charge in [0.15, 0.2) is 0 Å². The number of aliphatic hydroxyl groups is 1. The molecule has 0 aliphatic carbocycles. The Morgan fingerprint density at radius 3 is 2.61 bits per heavy atom. The number of phenolic OH excluding ortho intramolecular Hbond substituents is 1. The Morgan fingerprint density at radius 2 is 2.09 bits per heavy atom. The van der Waals surface area contributed by atoms with E-state index >= 15 is 0 Å². The lowest BCUT2D eigenvalue weighted by Gasteiger charge is -2.27. The Kier molecular flexibility index (Phi) is 7.81. The number of hydrogen-bond donors (Lipinski definition) is 3. The lowest BCUT2D eigenvalue weighted by atomic mass is 10.1. The number of aromatic hydroxyl groups is 1. The molecular formula is C17H23N3O3. The molecule has 0 aliphatic rings. The smallest absolute Gasteiger partial charge is 0.262 e. The van der Waals surface area contributed by atoms with Gasteiger partial charge in [-0.25, -0.2) is 0 Å². The number of likely N-dealkylation sites (N-methyl/N-ethyl adjacent to an activating group) is 1. The van der Waals surface area contributed by atoms with E-state index in [0.29, 0.717) is 18.7 Å². The molecule has 0 saturated carbocycles. The molecule has 124 valence electrons. The molecule has 23 heavy (non-hydrogen) atoms. The molecule has 0 bridgehead atoms. The Balaban J connectivity index is 2.67. The highest BCUT2D eigenvalue weighted by molar-refractivity contribution is 6.01. The molecule has 0 heterocycles. The minimum atomic E-state index is -0.438. The van der Waals surface area contributed by atoms with Crippen molar-refractivity contribution in [2.24, 2.45) is 0 Å². The van der Waals surface area contributed by atoms with Crippen LogP contribution >= 0.6 is 0 Å². The van der Waals surface area contributed by atoms with E-state index in [9.17, 15) is 9.90 Å². The molecule has 0 radical (unpaired) electrons. The lowest BCUT2D eigenvalue weighted by Crippen LogP contribution is -2.43. The molecule has 1 atom stereocenters. The summed E-state index contributed by atoms with van der Waals surface area (Å²) in [5.41, 5.74) is 0.672. The highest BCUT2D eigenvalue weighted by Crippen LogP contribution is 2.12. The van der Waals surface area contributed by atoms with Crippen molar-refractivity contribution in [1.82, 2.24) is 10.2 Å². The number of amides is 1. The summed E-state index contributed by atoms with van der Waals surface area (Å²) in [4.78, 5) is 14.1. The summed E-state index contributed by atoms with van der Waals surface area (Å²) in [6.07, 6.45) is 1.48. The van der Waals surface area contributed by atoms with Crippen molar-refractivity contribution >= 4 is 12.0 Å². The van der Waals surface area contributed by atoms with Crippen molar-refractivity contribution in [2.75, 3.05) is 26.2 Å². The second-order valence-corrected chi connectivity index (χ2v) is 5.17. The van der Waals surface area contributed by atoms with Crippen LogP contribution in [0, 0.1) is 11.3 Å². The normalized spacial score (nSPS) is 12.7. The zero-order valence-corrected chi connectivity index (χ0v) is 13.5. The SMILES string of the molecule is CCN(CCO)C(C)CNC(=O)/C(C#N)=C/c1ccc(O)cc1. The number of benzene rings is 1. The Hall–Kier alpha value is -2.36. The third-order valence-electron chi connectivity index (χ3n) is 3.54. The topological polar surface area (TPSA) is 96.6 Å². The summed E-state index contributed by atoms with van der Waals surface area (Å²) < 4.78 is 0. The number of nitrogens with one attached hydrogen (secondary N) is 1. The molecule has 3 N–H and O–H groups in total. The Morgan fingerprint density at radius 1 is 1.43 bits per heavy atom. The predicted molar refractivity (Wildman–Crippen MR) is 88.5 cm³/mol. The molecule has 0 aromatic heterocycles. The summed E-state index contributed by atoms with van der Waals surface area (Å²) >= 11 is 0. The van der Waals surface area contributed by atoms with Gasteiger partial charge in [-0.15, -0.1) is 0 Å². The quantitative estimate of drug-likeness (QED) is 0.493. The molecule has 1 aromatic carbocycles.